The molecule has 1 aliphatic carbocycles. The van der Waals surface area contributed by atoms with Crippen LogP contribution in [-0.2, 0) is 0 Å². The van der Waals surface area contributed by atoms with Crippen LogP contribution in [0, 0.1) is 0 Å². The second-order valence-electron chi connectivity index (χ2n) is 4.15. The average Bonchev–Trinajstić information content (AvgIpc) is 2.67. The molecule has 6 heteroatoms. The van der Waals surface area contributed by atoms with Gasteiger partial charge in [-0.1, -0.05) is 42.5 Å². The lowest BCUT2D eigenvalue weighted by Gasteiger charge is -2.19. The molecule has 1 aromatic rings. The van der Waals surface area contributed by atoms with Gasteiger partial charge in [-0.25, -0.2) is 5.84 Å². The Morgan fingerprint density at radius 3 is 2.59 bits per heavy atom. The first kappa shape index (κ1) is 13.1. The maximum absolute atomic E-state index is 6.09. The fraction of sp³-hybridized carbons (Fsp3) is 0.545. The molecule has 1 saturated carbocycles. The SMILES string of the molecule is NNC(=NC1CCCCC1)c1cc(Cl)sc1Cl. The van der Waals surface area contributed by atoms with Crippen LogP contribution in [0.1, 0.15) is 37.7 Å². The Hall–Kier alpha value is -0.290. The Morgan fingerprint density at radius 1 is 1.35 bits per heavy atom. The largest absolute Gasteiger partial charge is 0.308 e. The third kappa shape index (κ3) is 3.35. The maximum atomic E-state index is 6.09. The number of rotatable bonds is 2. The van der Waals surface area contributed by atoms with Gasteiger partial charge in [0.15, 0.2) is 0 Å². The van der Waals surface area contributed by atoms with E-state index < -0.39 is 0 Å². The highest BCUT2D eigenvalue weighted by Crippen LogP contribution is 2.31. The van der Waals surface area contributed by atoms with Gasteiger partial charge in [-0.3, -0.25) is 4.99 Å². The quantitative estimate of drug-likeness (QED) is 0.379. The molecule has 0 bridgehead atoms. The van der Waals surface area contributed by atoms with E-state index in [1.807, 2.05) is 0 Å². The molecule has 3 nitrogen and oxygen atoms in total. The van der Waals surface area contributed by atoms with E-state index in [4.69, 9.17) is 29.0 Å². The standard InChI is InChI=1S/C11H15Cl2N3S/c12-9-6-8(10(13)17-9)11(16-14)15-7-4-2-1-3-5-7/h6-7H,1-5,14H2,(H,15,16). The predicted molar refractivity (Wildman–Crippen MR) is 75.1 cm³/mol. The van der Waals surface area contributed by atoms with Crippen LogP contribution in [0.3, 0.4) is 0 Å². The molecule has 0 saturated heterocycles. The van der Waals surface area contributed by atoms with Crippen LogP contribution >= 0.6 is 34.5 Å². The van der Waals surface area contributed by atoms with Crippen molar-refractivity contribution in [1.82, 2.24) is 5.43 Å². The smallest absolute Gasteiger partial charge is 0.145 e. The van der Waals surface area contributed by atoms with Crippen molar-refractivity contribution < 1.29 is 0 Å². The summed E-state index contributed by atoms with van der Waals surface area (Å²) in [7, 11) is 0. The summed E-state index contributed by atoms with van der Waals surface area (Å²) in [6.07, 6.45) is 6.04. The molecule has 0 spiro atoms. The summed E-state index contributed by atoms with van der Waals surface area (Å²) in [6.45, 7) is 0. The summed E-state index contributed by atoms with van der Waals surface area (Å²) in [5.74, 6) is 6.17. The minimum Gasteiger partial charge on any atom is -0.308 e. The van der Waals surface area contributed by atoms with Crippen molar-refractivity contribution in [2.45, 2.75) is 38.1 Å². The van der Waals surface area contributed by atoms with Gasteiger partial charge in [0.1, 0.15) is 10.2 Å². The highest BCUT2D eigenvalue weighted by molar-refractivity contribution is 7.20. The molecule has 17 heavy (non-hydrogen) atoms. The van der Waals surface area contributed by atoms with Gasteiger partial charge in [0, 0.05) is 5.56 Å². The topological polar surface area (TPSA) is 50.4 Å². The number of hydrogen-bond acceptors (Lipinski definition) is 3. The molecule has 0 aliphatic heterocycles. The number of thiophene rings is 1. The van der Waals surface area contributed by atoms with E-state index in [1.54, 1.807) is 6.07 Å². The van der Waals surface area contributed by atoms with Gasteiger partial charge in [-0.15, -0.1) is 11.3 Å². The lowest BCUT2D eigenvalue weighted by atomic mass is 9.96. The van der Waals surface area contributed by atoms with Crippen LogP contribution in [0.15, 0.2) is 11.1 Å². The van der Waals surface area contributed by atoms with Gasteiger partial charge < -0.3 is 5.43 Å². The number of amidine groups is 1. The van der Waals surface area contributed by atoms with Crippen molar-refractivity contribution in [3.63, 3.8) is 0 Å². The molecule has 3 N–H and O–H groups in total. The van der Waals surface area contributed by atoms with Crippen molar-refractivity contribution in [2.75, 3.05) is 0 Å². The van der Waals surface area contributed by atoms with E-state index in [0.29, 0.717) is 20.6 Å². The molecule has 1 heterocycles. The van der Waals surface area contributed by atoms with E-state index in [2.05, 4.69) is 10.4 Å². The number of hydrogen-bond donors (Lipinski definition) is 2. The molecule has 0 radical (unpaired) electrons. The molecule has 0 atom stereocenters. The van der Waals surface area contributed by atoms with E-state index in [9.17, 15) is 0 Å². The Balaban J connectivity index is 2.20. The lowest BCUT2D eigenvalue weighted by Crippen LogP contribution is -2.32. The number of nitrogens with zero attached hydrogens (tertiary/aromatic N) is 1. The second-order valence-corrected chi connectivity index (χ2v) is 6.44. The summed E-state index contributed by atoms with van der Waals surface area (Å²) in [5.41, 5.74) is 3.43. The third-order valence-corrected chi connectivity index (χ3v) is 4.42. The molecule has 1 aromatic heterocycles. The third-order valence-electron chi connectivity index (χ3n) is 2.93. The number of nitrogens with one attached hydrogen (secondary N) is 1. The van der Waals surface area contributed by atoms with Crippen LogP contribution in [-0.4, -0.2) is 11.9 Å². The van der Waals surface area contributed by atoms with Gasteiger partial charge in [-0.2, -0.15) is 0 Å². The van der Waals surface area contributed by atoms with E-state index in [0.717, 1.165) is 18.4 Å². The Kier molecular flexibility index (Phi) is 4.68. The molecule has 94 valence electrons. The van der Waals surface area contributed by atoms with Crippen LogP contribution in [0.4, 0.5) is 0 Å². The predicted octanol–water partition coefficient (Wildman–Crippen LogP) is 3.60. The highest BCUT2D eigenvalue weighted by atomic mass is 35.5. The minimum absolute atomic E-state index is 0.351. The first-order valence-corrected chi connectivity index (χ1v) is 7.27. The zero-order valence-electron chi connectivity index (χ0n) is 9.38. The molecule has 0 unspecified atom stereocenters. The van der Waals surface area contributed by atoms with Crippen LogP contribution < -0.4 is 11.3 Å². The molecule has 1 aliphatic rings. The lowest BCUT2D eigenvalue weighted by molar-refractivity contribution is 0.442. The van der Waals surface area contributed by atoms with Crippen molar-refractivity contribution >= 4 is 40.4 Å². The first-order valence-electron chi connectivity index (χ1n) is 5.70. The summed E-state index contributed by atoms with van der Waals surface area (Å²) < 4.78 is 1.28. The molecule has 2 rings (SSSR count). The van der Waals surface area contributed by atoms with Gasteiger partial charge in [0.2, 0.25) is 0 Å². The Bertz CT molecular complexity index is 411. The zero-order chi connectivity index (χ0) is 12.3. The highest BCUT2D eigenvalue weighted by Gasteiger charge is 2.16. The summed E-state index contributed by atoms with van der Waals surface area (Å²) in [4.78, 5) is 4.64. The van der Waals surface area contributed by atoms with Gasteiger partial charge in [0.05, 0.1) is 10.4 Å². The fourth-order valence-electron chi connectivity index (χ4n) is 2.08. The number of halogens is 2. The first-order chi connectivity index (χ1) is 8.20. The Morgan fingerprint density at radius 2 is 2.06 bits per heavy atom. The van der Waals surface area contributed by atoms with Crippen LogP contribution in [0.2, 0.25) is 8.67 Å². The summed E-state index contributed by atoms with van der Waals surface area (Å²) in [5, 5.41) is 0. The van der Waals surface area contributed by atoms with Gasteiger partial charge in [0.25, 0.3) is 0 Å². The van der Waals surface area contributed by atoms with Gasteiger partial charge in [-0.05, 0) is 18.9 Å². The maximum Gasteiger partial charge on any atom is 0.145 e. The summed E-state index contributed by atoms with van der Waals surface area (Å²) in [6, 6.07) is 2.15. The van der Waals surface area contributed by atoms with E-state index in [1.165, 1.54) is 30.6 Å². The monoisotopic (exact) mass is 291 g/mol. The van der Waals surface area contributed by atoms with E-state index >= 15 is 0 Å². The number of aliphatic imine (C=N–C) groups is 1. The van der Waals surface area contributed by atoms with Crippen molar-refractivity contribution in [3.8, 4) is 0 Å². The molecule has 0 aromatic carbocycles. The fourth-order valence-corrected chi connectivity index (χ4v) is 3.54. The summed E-state index contributed by atoms with van der Waals surface area (Å²) >= 11 is 13.3. The number of hydrazine groups is 1. The minimum atomic E-state index is 0.351. The van der Waals surface area contributed by atoms with Crippen LogP contribution in [0.25, 0.3) is 0 Å². The second kappa shape index (κ2) is 6.05. The molecular weight excluding hydrogens is 277 g/mol. The van der Waals surface area contributed by atoms with Crippen molar-refractivity contribution in [1.29, 1.82) is 0 Å². The molecule has 1 fully saturated rings. The molecule has 0 amide bonds. The van der Waals surface area contributed by atoms with Crippen molar-refractivity contribution in [2.24, 2.45) is 10.8 Å². The zero-order valence-corrected chi connectivity index (χ0v) is 11.7. The normalized spacial score (nSPS) is 18.4. The molecular formula is C11H15Cl2N3S. The number of nitrogens with two attached hydrogens (primary N) is 1. The Labute approximate surface area is 115 Å². The average molecular weight is 292 g/mol. The van der Waals surface area contributed by atoms with Gasteiger partial charge >= 0.3 is 0 Å². The van der Waals surface area contributed by atoms with E-state index in [-0.39, 0.29) is 0 Å². The van der Waals surface area contributed by atoms with Crippen LogP contribution in [0.5, 0.6) is 0 Å². The van der Waals surface area contributed by atoms with Crippen molar-refractivity contribution in [3.05, 3.63) is 20.3 Å².